The quantitative estimate of drug-likeness (QED) is 0.623. The highest BCUT2D eigenvalue weighted by molar-refractivity contribution is 9.10. The molecule has 6 heteroatoms. The molecule has 5 nitrogen and oxygen atoms in total. The summed E-state index contributed by atoms with van der Waals surface area (Å²) < 4.78 is 17.3. The fraction of sp³-hybridized carbons (Fsp3) is 0.158. The van der Waals surface area contributed by atoms with E-state index in [-0.39, 0.29) is 5.75 Å². The van der Waals surface area contributed by atoms with Crippen LogP contribution in [0.4, 0.5) is 5.69 Å². The van der Waals surface area contributed by atoms with Gasteiger partial charge in [-0.3, -0.25) is 0 Å². The van der Waals surface area contributed by atoms with Crippen molar-refractivity contribution in [1.29, 1.82) is 0 Å². The highest BCUT2D eigenvalue weighted by Crippen LogP contribution is 2.51. The number of ether oxygens (including phenoxy) is 3. The Morgan fingerprint density at radius 2 is 1.60 bits per heavy atom. The average molecular weight is 404 g/mol. The number of benzene rings is 3. The lowest BCUT2D eigenvalue weighted by Crippen LogP contribution is -2.01. The van der Waals surface area contributed by atoms with Crippen LogP contribution < -0.4 is 19.9 Å². The predicted molar refractivity (Wildman–Crippen MR) is 103 cm³/mol. The summed E-state index contributed by atoms with van der Waals surface area (Å²) in [6.07, 6.45) is 0. The number of hydrogen-bond acceptors (Lipinski definition) is 5. The predicted octanol–water partition coefficient (Wildman–Crippen LogP) is 4.58. The van der Waals surface area contributed by atoms with E-state index in [2.05, 4.69) is 15.9 Å². The first-order valence-corrected chi connectivity index (χ1v) is 8.31. The Kier molecular flexibility index (Phi) is 4.63. The maximum Gasteiger partial charge on any atom is 0.204 e. The molecule has 0 spiro atoms. The molecule has 130 valence electrons. The molecule has 0 aliphatic rings. The summed E-state index contributed by atoms with van der Waals surface area (Å²) in [5.74, 6) is 1.39. The minimum Gasteiger partial charge on any atom is -0.507 e. The van der Waals surface area contributed by atoms with Gasteiger partial charge in [-0.2, -0.15) is 0 Å². The van der Waals surface area contributed by atoms with Crippen LogP contribution in [0.5, 0.6) is 23.0 Å². The highest BCUT2D eigenvalue weighted by atomic mass is 79.9. The summed E-state index contributed by atoms with van der Waals surface area (Å²) in [4.78, 5) is 0. The molecule has 3 aromatic carbocycles. The van der Waals surface area contributed by atoms with Crippen molar-refractivity contribution in [2.75, 3.05) is 27.1 Å². The Morgan fingerprint density at radius 1 is 0.880 bits per heavy atom. The number of nitrogen functional groups attached to an aromatic ring is 1. The molecule has 3 N–H and O–H groups in total. The molecule has 0 bridgehead atoms. The highest BCUT2D eigenvalue weighted by Gasteiger charge is 2.24. The Labute approximate surface area is 154 Å². The van der Waals surface area contributed by atoms with Crippen LogP contribution >= 0.6 is 15.9 Å². The zero-order chi connectivity index (χ0) is 18.1. The largest absolute Gasteiger partial charge is 0.507 e. The first-order valence-electron chi connectivity index (χ1n) is 7.51. The molecule has 0 aromatic heterocycles. The molecule has 0 unspecified atom stereocenters. The second-order valence-electron chi connectivity index (χ2n) is 5.43. The number of phenolic OH excluding ortho intramolecular Hbond substituents is 1. The molecule has 0 fully saturated rings. The zero-order valence-corrected chi connectivity index (χ0v) is 15.7. The SMILES string of the molecule is COc1cc(N)c(-c2c(O)ccc3cc(Br)ccc23)c(OC)c1OC. The Hall–Kier alpha value is -2.60. The van der Waals surface area contributed by atoms with Crippen molar-refractivity contribution in [3.63, 3.8) is 0 Å². The first kappa shape index (κ1) is 17.2. The molecule has 25 heavy (non-hydrogen) atoms. The molecule has 0 radical (unpaired) electrons. The van der Waals surface area contributed by atoms with E-state index in [0.717, 1.165) is 15.2 Å². The number of anilines is 1. The molecular weight excluding hydrogens is 386 g/mol. The molecule has 0 saturated heterocycles. The second kappa shape index (κ2) is 6.72. The van der Waals surface area contributed by atoms with Crippen molar-refractivity contribution < 1.29 is 19.3 Å². The van der Waals surface area contributed by atoms with Gasteiger partial charge in [-0.15, -0.1) is 0 Å². The fourth-order valence-corrected chi connectivity index (χ4v) is 3.36. The number of nitrogens with two attached hydrogens (primary N) is 1. The fourth-order valence-electron chi connectivity index (χ4n) is 2.98. The maximum absolute atomic E-state index is 10.6. The van der Waals surface area contributed by atoms with Gasteiger partial charge in [-0.1, -0.05) is 28.1 Å². The van der Waals surface area contributed by atoms with Crippen LogP contribution in [-0.4, -0.2) is 26.4 Å². The number of halogens is 1. The van der Waals surface area contributed by atoms with E-state index in [1.165, 1.54) is 21.3 Å². The Bertz CT molecular complexity index is 956. The number of fused-ring (bicyclic) bond motifs is 1. The number of phenols is 1. The molecule has 0 amide bonds. The Morgan fingerprint density at radius 3 is 2.24 bits per heavy atom. The normalized spacial score (nSPS) is 10.7. The van der Waals surface area contributed by atoms with Gasteiger partial charge in [0.15, 0.2) is 11.5 Å². The lowest BCUT2D eigenvalue weighted by molar-refractivity contribution is 0.325. The molecule has 0 aliphatic carbocycles. The van der Waals surface area contributed by atoms with E-state index < -0.39 is 0 Å². The van der Waals surface area contributed by atoms with Crippen LogP contribution in [0.25, 0.3) is 21.9 Å². The van der Waals surface area contributed by atoms with Crippen molar-refractivity contribution in [2.45, 2.75) is 0 Å². The third-order valence-electron chi connectivity index (χ3n) is 4.07. The second-order valence-corrected chi connectivity index (χ2v) is 6.35. The van der Waals surface area contributed by atoms with Gasteiger partial charge in [0.2, 0.25) is 5.75 Å². The summed E-state index contributed by atoms with van der Waals surface area (Å²) in [5, 5.41) is 12.4. The van der Waals surface area contributed by atoms with Crippen LogP contribution in [0.1, 0.15) is 0 Å². The van der Waals surface area contributed by atoms with Gasteiger partial charge in [0.05, 0.1) is 26.9 Å². The van der Waals surface area contributed by atoms with Crippen LogP contribution in [0, 0.1) is 0 Å². The minimum absolute atomic E-state index is 0.104. The van der Waals surface area contributed by atoms with Crippen LogP contribution in [0.15, 0.2) is 40.9 Å². The smallest absolute Gasteiger partial charge is 0.204 e. The third kappa shape index (κ3) is 2.82. The summed E-state index contributed by atoms with van der Waals surface area (Å²) in [6.45, 7) is 0. The van der Waals surface area contributed by atoms with Crippen LogP contribution in [-0.2, 0) is 0 Å². The van der Waals surface area contributed by atoms with Gasteiger partial charge in [0.25, 0.3) is 0 Å². The van der Waals surface area contributed by atoms with Crippen molar-refractivity contribution >= 4 is 32.4 Å². The van der Waals surface area contributed by atoms with E-state index in [4.69, 9.17) is 19.9 Å². The van der Waals surface area contributed by atoms with Crippen molar-refractivity contribution in [3.8, 4) is 34.1 Å². The lowest BCUT2D eigenvalue weighted by atomic mass is 9.94. The lowest BCUT2D eigenvalue weighted by Gasteiger charge is -2.20. The molecule has 0 atom stereocenters. The van der Waals surface area contributed by atoms with Gasteiger partial charge in [-0.25, -0.2) is 0 Å². The minimum atomic E-state index is 0.104. The molecule has 0 heterocycles. The van der Waals surface area contributed by atoms with E-state index in [0.29, 0.717) is 34.1 Å². The maximum atomic E-state index is 10.6. The number of methoxy groups -OCH3 is 3. The topological polar surface area (TPSA) is 73.9 Å². The van der Waals surface area contributed by atoms with E-state index in [1.807, 2.05) is 24.3 Å². The summed E-state index contributed by atoms with van der Waals surface area (Å²) in [7, 11) is 4.59. The van der Waals surface area contributed by atoms with Gasteiger partial charge in [0, 0.05) is 21.8 Å². The number of aromatic hydroxyl groups is 1. The molecule has 3 rings (SSSR count). The summed E-state index contributed by atoms with van der Waals surface area (Å²) in [6, 6.07) is 11.0. The van der Waals surface area contributed by atoms with Gasteiger partial charge in [-0.05, 0) is 29.0 Å². The van der Waals surface area contributed by atoms with Crippen LogP contribution in [0.2, 0.25) is 0 Å². The van der Waals surface area contributed by atoms with E-state index in [9.17, 15) is 5.11 Å². The number of rotatable bonds is 4. The third-order valence-corrected chi connectivity index (χ3v) is 4.56. The molecule has 3 aromatic rings. The average Bonchev–Trinajstić information content (AvgIpc) is 2.61. The van der Waals surface area contributed by atoms with Gasteiger partial charge < -0.3 is 25.1 Å². The van der Waals surface area contributed by atoms with E-state index >= 15 is 0 Å². The molecule has 0 saturated carbocycles. The standard InChI is InChI=1S/C19H18BrNO4/c1-23-15-9-13(21)17(19(25-3)18(15)24-2)16-12-6-5-11(20)8-10(12)4-7-14(16)22/h4-9,22H,21H2,1-3H3. The monoisotopic (exact) mass is 403 g/mol. The Balaban J connectivity index is 2.45. The zero-order valence-electron chi connectivity index (χ0n) is 14.1. The first-order chi connectivity index (χ1) is 12.0. The molecular formula is C19H18BrNO4. The van der Waals surface area contributed by atoms with E-state index in [1.54, 1.807) is 12.1 Å². The van der Waals surface area contributed by atoms with Crippen molar-refractivity contribution in [1.82, 2.24) is 0 Å². The molecule has 0 aliphatic heterocycles. The summed E-state index contributed by atoms with van der Waals surface area (Å²) >= 11 is 3.47. The summed E-state index contributed by atoms with van der Waals surface area (Å²) in [5.41, 5.74) is 7.84. The van der Waals surface area contributed by atoms with Crippen molar-refractivity contribution in [2.24, 2.45) is 0 Å². The van der Waals surface area contributed by atoms with Gasteiger partial charge >= 0.3 is 0 Å². The van der Waals surface area contributed by atoms with Gasteiger partial charge in [0.1, 0.15) is 5.75 Å². The van der Waals surface area contributed by atoms with Crippen molar-refractivity contribution in [3.05, 3.63) is 40.9 Å². The van der Waals surface area contributed by atoms with Crippen LogP contribution in [0.3, 0.4) is 0 Å². The number of hydrogen-bond donors (Lipinski definition) is 2.